The van der Waals surface area contributed by atoms with Gasteiger partial charge in [-0.25, -0.2) is 0 Å². The van der Waals surface area contributed by atoms with Crippen LogP contribution in [0.5, 0.6) is 0 Å². The summed E-state index contributed by atoms with van der Waals surface area (Å²) in [6.45, 7) is 6.18. The first-order valence-corrected chi connectivity index (χ1v) is 9.55. The Hall–Kier alpha value is -2.80. The second-order valence-electron chi connectivity index (χ2n) is 7.42. The lowest BCUT2D eigenvalue weighted by Gasteiger charge is -2.41. The Labute approximate surface area is 167 Å². The summed E-state index contributed by atoms with van der Waals surface area (Å²) in [5, 5.41) is 0. The van der Waals surface area contributed by atoms with Gasteiger partial charge in [0, 0.05) is 37.1 Å². The maximum absolute atomic E-state index is 12.9. The highest BCUT2D eigenvalue weighted by atomic mass is 19.4. The molecule has 2 aromatic carbocycles. The van der Waals surface area contributed by atoms with Crippen LogP contribution in [0.15, 0.2) is 61.2 Å². The molecule has 1 atom stereocenters. The predicted molar refractivity (Wildman–Crippen MR) is 106 cm³/mol. The van der Waals surface area contributed by atoms with Crippen LogP contribution in [0.4, 0.5) is 24.5 Å². The monoisotopic (exact) mass is 401 g/mol. The highest BCUT2D eigenvalue weighted by molar-refractivity contribution is 5.87. The number of fused-ring (bicyclic) bond motifs is 1. The Morgan fingerprint density at radius 2 is 1.83 bits per heavy atom. The zero-order valence-electron chi connectivity index (χ0n) is 15.9. The molecular formula is C22H22F3N3O. The van der Waals surface area contributed by atoms with Gasteiger partial charge in [0.1, 0.15) is 0 Å². The molecule has 0 N–H and O–H groups in total. The van der Waals surface area contributed by atoms with E-state index in [2.05, 4.69) is 11.5 Å². The average molecular weight is 401 g/mol. The van der Waals surface area contributed by atoms with Crippen LogP contribution in [0.2, 0.25) is 0 Å². The van der Waals surface area contributed by atoms with Gasteiger partial charge in [-0.3, -0.25) is 9.69 Å². The molecule has 0 spiro atoms. The molecule has 1 fully saturated rings. The smallest absolute Gasteiger partial charge is 0.338 e. The number of hydrogen-bond donors (Lipinski definition) is 0. The number of hydrogen-bond acceptors (Lipinski definition) is 3. The van der Waals surface area contributed by atoms with Crippen LogP contribution >= 0.6 is 0 Å². The van der Waals surface area contributed by atoms with Gasteiger partial charge >= 0.3 is 6.18 Å². The maximum atomic E-state index is 12.9. The number of para-hydroxylation sites is 1. The summed E-state index contributed by atoms with van der Waals surface area (Å²) in [6.07, 6.45) is -2.15. The van der Waals surface area contributed by atoms with Crippen LogP contribution in [0.3, 0.4) is 0 Å². The number of amides is 1. The SMILES string of the molecule is C=CC(=O)N1CCC(N2Cc3ccccc3N(c3ccc(C(F)(F)F)cc3)C2)C1. The molecule has 0 radical (unpaired) electrons. The van der Waals surface area contributed by atoms with Crippen LogP contribution in [0.1, 0.15) is 17.5 Å². The minimum atomic E-state index is -4.35. The molecule has 152 valence electrons. The molecule has 1 saturated heterocycles. The Balaban J connectivity index is 1.60. The van der Waals surface area contributed by atoms with E-state index < -0.39 is 11.7 Å². The van der Waals surface area contributed by atoms with Gasteiger partial charge in [-0.2, -0.15) is 13.2 Å². The summed E-state index contributed by atoms with van der Waals surface area (Å²) in [5.41, 5.74) is 2.18. The average Bonchev–Trinajstić information content (AvgIpc) is 3.22. The summed E-state index contributed by atoms with van der Waals surface area (Å²) in [4.78, 5) is 18.0. The van der Waals surface area contributed by atoms with Gasteiger partial charge in [0.15, 0.2) is 0 Å². The summed E-state index contributed by atoms with van der Waals surface area (Å²) >= 11 is 0. The van der Waals surface area contributed by atoms with Crippen LogP contribution in [-0.2, 0) is 17.5 Å². The van der Waals surface area contributed by atoms with Gasteiger partial charge in [-0.15, -0.1) is 0 Å². The summed E-state index contributed by atoms with van der Waals surface area (Å²) in [7, 11) is 0. The first-order chi connectivity index (χ1) is 13.9. The fraction of sp³-hybridized carbons (Fsp3) is 0.318. The molecule has 7 heteroatoms. The van der Waals surface area contributed by atoms with Crippen molar-refractivity contribution < 1.29 is 18.0 Å². The highest BCUT2D eigenvalue weighted by Gasteiger charge is 2.34. The molecule has 2 aliphatic rings. The number of likely N-dealkylation sites (tertiary alicyclic amines) is 1. The molecule has 2 aromatic rings. The van der Waals surface area contributed by atoms with Crippen molar-refractivity contribution in [1.82, 2.24) is 9.80 Å². The normalized spacial score (nSPS) is 19.9. The molecule has 0 bridgehead atoms. The van der Waals surface area contributed by atoms with Crippen molar-refractivity contribution in [2.75, 3.05) is 24.7 Å². The van der Waals surface area contributed by atoms with Crippen molar-refractivity contribution in [1.29, 1.82) is 0 Å². The predicted octanol–water partition coefficient (Wildman–Crippen LogP) is 4.40. The second-order valence-corrected chi connectivity index (χ2v) is 7.42. The third kappa shape index (κ3) is 3.87. The van der Waals surface area contributed by atoms with Crippen molar-refractivity contribution >= 4 is 17.3 Å². The van der Waals surface area contributed by atoms with Crippen molar-refractivity contribution in [2.45, 2.75) is 25.2 Å². The van der Waals surface area contributed by atoms with Crippen molar-refractivity contribution in [3.05, 3.63) is 72.3 Å². The first-order valence-electron chi connectivity index (χ1n) is 9.55. The largest absolute Gasteiger partial charge is 0.416 e. The Morgan fingerprint density at radius 3 is 2.52 bits per heavy atom. The Kier molecular flexibility index (Phi) is 5.08. The molecule has 1 unspecified atom stereocenters. The number of nitrogens with zero attached hydrogens (tertiary/aromatic N) is 3. The van der Waals surface area contributed by atoms with E-state index in [1.807, 2.05) is 29.2 Å². The van der Waals surface area contributed by atoms with Crippen LogP contribution in [0.25, 0.3) is 0 Å². The lowest BCUT2D eigenvalue weighted by atomic mass is 10.1. The Bertz CT molecular complexity index is 910. The van der Waals surface area contributed by atoms with Crippen LogP contribution in [-0.4, -0.2) is 41.5 Å². The molecule has 29 heavy (non-hydrogen) atoms. The van der Waals surface area contributed by atoms with Gasteiger partial charge in [-0.05, 0) is 48.4 Å². The van der Waals surface area contributed by atoms with Gasteiger partial charge in [0.05, 0.1) is 12.2 Å². The van der Waals surface area contributed by atoms with Gasteiger partial charge in [-0.1, -0.05) is 24.8 Å². The lowest BCUT2D eigenvalue weighted by molar-refractivity contribution is -0.137. The number of anilines is 2. The fourth-order valence-corrected chi connectivity index (χ4v) is 4.10. The van der Waals surface area contributed by atoms with Gasteiger partial charge in [0.25, 0.3) is 0 Å². The van der Waals surface area contributed by atoms with E-state index in [9.17, 15) is 18.0 Å². The minimum Gasteiger partial charge on any atom is -0.338 e. The first kappa shape index (κ1) is 19.5. The van der Waals surface area contributed by atoms with Crippen LogP contribution in [0, 0.1) is 0 Å². The number of halogens is 3. The van der Waals surface area contributed by atoms with Crippen LogP contribution < -0.4 is 4.90 Å². The van der Waals surface area contributed by atoms with E-state index in [1.54, 1.807) is 4.90 Å². The zero-order chi connectivity index (χ0) is 20.6. The third-order valence-electron chi connectivity index (χ3n) is 5.65. The standard InChI is InChI=1S/C22H22F3N3O/c1-2-21(29)26-12-11-19(14-26)27-13-16-5-3-4-6-20(16)28(15-27)18-9-7-17(8-10-18)22(23,24)25/h2-10,19H,1,11-15H2. The van der Waals surface area contributed by atoms with E-state index in [1.165, 1.54) is 18.2 Å². The minimum absolute atomic E-state index is 0.0653. The molecule has 4 rings (SSSR count). The molecule has 0 aliphatic carbocycles. The number of carbonyl (C=O) groups excluding carboxylic acids is 1. The number of rotatable bonds is 3. The molecule has 1 amide bonds. The van der Waals surface area contributed by atoms with Crippen molar-refractivity contribution in [2.24, 2.45) is 0 Å². The zero-order valence-corrected chi connectivity index (χ0v) is 15.9. The molecule has 0 saturated carbocycles. The van der Waals surface area contributed by atoms with E-state index in [-0.39, 0.29) is 11.9 Å². The van der Waals surface area contributed by atoms with E-state index in [4.69, 9.17) is 0 Å². The van der Waals surface area contributed by atoms with Gasteiger partial charge < -0.3 is 9.80 Å². The molecule has 2 heterocycles. The fourth-order valence-electron chi connectivity index (χ4n) is 4.10. The topological polar surface area (TPSA) is 26.8 Å². The van der Waals surface area contributed by atoms with E-state index >= 15 is 0 Å². The molecule has 0 aromatic heterocycles. The van der Waals surface area contributed by atoms with E-state index in [0.717, 1.165) is 36.3 Å². The summed E-state index contributed by atoms with van der Waals surface area (Å²) in [5.74, 6) is -0.0653. The molecule has 4 nitrogen and oxygen atoms in total. The number of carbonyl (C=O) groups is 1. The Morgan fingerprint density at radius 1 is 1.10 bits per heavy atom. The summed E-state index contributed by atoms with van der Waals surface area (Å²) < 4.78 is 38.8. The number of alkyl halides is 3. The molecular weight excluding hydrogens is 379 g/mol. The third-order valence-corrected chi connectivity index (χ3v) is 5.65. The molecule has 2 aliphatic heterocycles. The van der Waals surface area contributed by atoms with Crippen molar-refractivity contribution in [3.8, 4) is 0 Å². The maximum Gasteiger partial charge on any atom is 0.416 e. The van der Waals surface area contributed by atoms with Gasteiger partial charge in [0.2, 0.25) is 5.91 Å². The quantitative estimate of drug-likeness (QED) is 0.713. The van der Waals surface area contributed by atoms with Crippen molar-refractivity contribution in [3.63, 3.8) is 0 Å². The van der Waals surface area contributed by atoms with E-state index in [0.29, 0.717) is 25.4 Å². The lowest BCUT2D eigenvalue weighted by Crippen LogP contribution is -2.46. The number of benzene rings is 2. The highest BCUT2D eigenvalue weighted by Crippen LogP contribution is 2.37. The summed E-state index contributed by atoms with van der Waals surface area (Å²) in [6, 6.07) is 13.4. The second kappa shape index (κ2) is 7.55.